The Hall–Kier alpha value is -0.390. The highest BCUT2D eigenvalue weighted by atomic mass is 32.1. The standard InChI is InChI=1S/C11H22N2O2S/c1-9(8-14-3)12-11(16)13(2)10-4-6-15-7-5-10/h9-10H,4-8H2,1-3H3,(H,12,16). The van der Waals surface area contributed by atoms with Gasteiger partial charge in [0.15, 0.2) is 5.11 Å². The zero-order chi connectivity index (χ0) is 12.0. The van der Waals surface area contributed by atoms with Crippen LogP contribution in [0, 0.1) is 0 Å². The Balaban J connectivity index is 2.34. The molecule has 0 aromatic heterocycles. The molecule has 5 heteroatoms. The second kappa shape index (κ2) is 7.04. The summed E-state index contributed by atoms with van der Waals surface area (Å²) in [6.45, 7) is 4.41. The third kappa shape index (κ3) is 4.23. The molecule has 1 unspecified atom stereocenters. The van der Waals surface area contributed by atoms with Crippen LogP contribution in [0.1, 0.15) is 19.8 Å². The Labute approximate surface area is 103 Å². The van der Waals surface area contributed by atoms with Crippen LogP contribution in [0.5, 0.6) is 0 Å². The molecule has 0 bridgehead atoms. The van der Waals surface area contributed by atoms with E-state index in [2.05, 4.69) is 17.1 Å². The van der Waals surface area contributed by atoms with Crippen molar-refractivity contribution in [1.82, 2.24) is 10.2 Å². The molecule has 1 rings (SSSR count). The Kier molecular flexibility index (Phi) is 6.01. The number of hydrogen-bond donors (Lipinski definition) is 1. The quantitative estimate of drug-likeness (QED) is 0.749. The topological polar surface area (TPSA) is 33.7 Å². The summed E-state index contributed by atoms with van der Waals surface area (Å²) in [7, 11) is 3.74. The maximum Gasteiger partial charge on any atom is 0.169 e. The lowest BCUT2D eigenvalue weighted by Gasteiger charge is -2.34. The first-order valence-electron chi connectivity index (χ1n) is 5.75. The van der Waals surface area contributed by atoms with Crippen LogP contribution >= 0.6 is 12.2 Å². The fourth-order valence-electron chi connectivity index (χ4n) is 1.84. The molecule has 4 nitrogen and oxygen atoms in total. The van der Waals surface area contributed by atoms with E-state index in [0.29, 0.717) is 12.6 Å². The number of methoxy groups -OCH3 is 1. The van der Waals surface area contributed by atoms with Gasteiger partial charge in [-0.25, -0.2) is 0 Å². The Morgan fingerprint density at radius 1 is 1.56 bits per heavy atom. The van der Waals surface area contributed by atoms with Gasteiger partial charge in [-0.15, -0.1) is 0 Å². The number of nitrogens with one attached hydrogen (secondary N) is 1. The van der Waals surface area contributed by atoms with Crippen molar-refractivity contribution in [2.45, 2.75) is 31.8 Å². The van der Waals surface area contributed by atoms with E-state index < -0.39 is 0 Å². The van der Waals surface area contributed by atoms with Crippen molar-refractivity contribution in [2.24, 2.45) is 0 Å². The first kappa shape index (κ1) is 13.7. The van der Waals surface area contributed by atoms with E-state index in [1.165, 1.54) is 0 Å². The Morgan fingerprint density at radius 2 is 2.19 bits per heavy atom. The van der Waals surface area contributed by atoms with Gasteiger partial charge in [0.05, 0.1) is 6.61 Å². The summed E-state index contributed by atoms with van der Waals surface area (Å²) in [4.78, 5) is 2.14. The highest BCUT2D eigenvalue weighted by Crippen LogP contribution is 2.12. The zero-order valence-electron chi connectivity index (χ0n) is 10.4. The van der Waals surface area contributed by atoms with E-state index in [1.807, 2.05) is 7.05 Å². The molecule has 0 amide bonds. The van der Waals surface area contributed by atoms with E-state index in [-0.39, 0.29) is 6.04 Å². The first-order chi connectivity index (χ1) is 7.65. The molecule has 0 aromatic rings. The summed E-state index contributed by atoms with van der Waals surface area (Å²) in [6, 6.07) is 0.753. The van der Waals surface area contributed by atoms with Crippen molar-refractivity contribution in [3.63, 3.8) is 0 Å². The molecule has 0 spiro atoms. The van der Waals surface area contributed by atoms with Gasteiger partial charge in [0.2, 0.25) is 0 Å². The van der Waals surface area contributed by atoms with Gasteiger partial charge in [0.1, 0.15) is 0 Å². The number of ether oxygens (including phenoxy) is 2. The summed E-state index contributed by atoms with van der Waals surface area (Å²) >= 11 is 5.37. The van der Waals surface area contributed by atoms with E-state index >= 15 is 0 Å². The second-order valence-electron chi connectivity index (χ2n) is 4.26. The molecular formula is C11H22N2O2S. The van der Waals surface area contributed by atoms with Gasteiger partial charge in [-0.1, -0.05) is 0 Å². The molecule has 0 saturated carbocycles. The van der Waals surface area contributed by atoms with Gasteiger partial charge in [-0.2, -0.15) is 0 Å². The molecule has 0 aliphatic carbocycles. The lowest BCUT2D eigenvalue weighted by Crippen LogP contribution is -2.48. The van der Waals surface area contributed by atoms with Crippen molar-refractivity contribution in [2.75, 3.05) is 34.0 Å². The highest BCUT2D eigenvalue weighted by molar-refractivity contribution is 7.80. The summed E-state index contributed by atoms with van der Waals surface area (Å²) in [5.74, 6) is 0. The summed E-state index contributed by atoms with van der Waals surface area (Å²) in [6.07, 6.45) is 2.11. The van der Waals surface area contributed by atoms with Crippen LogP contribution in [0.3, 0.4) is 0 Å². The molecule has 1 saturated heterocycles. The van der Waals surface area contributed by atoms with Crippen molar-refractivity contribution >= 4 is 17.3 Å². The van der Waals surface area contributed by atoms with Crippen LogP contribution in [-0.2, 0) is 9.47 Å². The van der Waals surface area contributed by atoms with E-state index in [0.717, 1.165) is 31.2 Å². The van der Waals surface area contributed by atoms with Crippen LogP contribution in [0.25, 0.3) is 0 Å². The van der Waals surface area contributed by atoms with Crippen molar-refractivity contribution in [3.05, 3.63) is 0 Å². The number of thiocarbonyl (C=S) groups is 1. The first-order valence-corrected chi connectivity index (χ1v) is 6.16. The molecule has 0 radical (unpaired) electrons. The molecule has 1 fully saturated rings. The monoisotopic (exact) mass is 246 g/mol. The predicted octanol–water partition coefficient (Wildman–Crippen LogP) is 1.01. The normalized spacial score (nSPS) is 19.2. The minimum atomic E-state index is 0.250. The SMILES string of the molecule is COCC(C)NC(=S)N(C)C1CCOCC1. The van der Waals surface area contributed by atoms with Gasteiger partial charge >= 0.3 is 0 Å². The predicted molar refractivity (Wildman–Crippen MR) is 68.7 cm³/mol. The molecule has 1 aliphatic rings. The smallest absolute Gasteiger partial charge is 0.169 e. The molecule has 1 heterocycles. The fraction of sp³-hybridized carbons (Fsp3) is 0.909. The highest BCUT2D eigenvalue weighted by Gasteiger charge is 2.20. The summed E-state index contributed by atoms with van der Waals surface area (Å²) in [5, 5.41) is 4.07. The summed E-state index contributed by atoms with van der Waals surface area (Å²) in [5.41, 5.74) is 0. The summed E-state index contributed by atoms with van der Waals surface area (Å²) < 4.78 is 10.4. The number of rotatable bonds is 4. The van der Waals surface area contributed by atoms with Crippen LogP contribution in [0.15, 0.2) is 0 Å². The van der Waals surface area contributed by atoms with Crippen LogP contribution in [-0.4, -0.2) is 56.1 Å². The molecule has 1 aliphatic heterocycles. The van der Waals surface area contributed by atoms with Gasteiger partial charge in [-0.05, 0) is 32.0 Å². The molecular weight excluding hydrogens is 224 g/mol. The number of nitrogens with zero attached hydrogens (tertiary/aromatic N) is 1. The van der Waals surface area contributed by atoms with Crippen molar-refractivity contribution in [1.29, 1.82) is 0 Å². The van der Waals surface area contributed by atoms with Gasteiger partial charge in [-0.3, -0.25) is 0 Å². The maximum absolute atomic E-state index is 5.37. The van der Waals surface area contributed by atoms with Gasteiger partial charge in [0.25, 0.3) is 0 Å². The molecule has 94 valence electrons. The van der Waals surface area contributed by atoms with Crippen LogP contribution in [0.4, 0.5) is 0 Å². The van der Waals surface area contributed by atoms with E-state index in [4.69, 9.17) is 21.7 Å². The number of hydrogen-bond acceptors (Lipinski definition) is 3. The third-order valence-corrected chi connectivity index (χ3v) is 3.25. The fourth-order valence-corrected chi connectivity index (χ4v) is 2.19. The minimum absolute atomic E-state index is 0.250. The maximum atomic E-state index is 5.37. The van der Waals surface area contributed by atoms with E-state index in [9.17, 15) is 0 Å². The van der Waals surface area contributed by atoms with Crippen molar-refractivity contribution < 1.29 is 9.47 Å². The minimum Gasteiger partial charge on any atom is -0.383 e. The molecule has 1 atom stereocenters. The zero-order valence-corrected chi connectivity index (χ0v) is 11.2. The lowest BCUT2D eigenvalue weighted by molar-refractivity contribution is 0.0600. The van der Waals surface area contributed by atoms with Crippen molar-refractivity contribution in [3.8, 4) is 0 Å². The van der Waals surface area contributed by atoms with Crippen LogP contribution in [0.2, 0.25) is 0 Å². The second-order valence-corrected chi connectivity index (χ2v) is 4.65. The molecule has 0 aromatic carbocycles. The van der Waals surface area contributed by atoms with Gasteiger partial charge < -0.3 is 19.7 Å². The molecule has 16 heavy (non-hydrogen) atoms. The average molecular weight is 246 g/mol. The van der Waals surface area contributed by atoms with Crippen LogP contribution < -0.4 is 5.32 Å². The third-order valence-electron chi connectivity index (χ3n) is 2.85. The molecule has 1 N–H and O–H groups in total. The van der Waals surface area contributed by atoms with Gasteiger partial charge in [0, 0.05) is 39.5 Å². The average Bonchev–Trinajstić information content (AvgIpc) is 2.29. The largest absolute Gasteiger partial charge is 0.383 e. The van der Waals surface area contributed by atoms with E-state index in [1.54, 1.807) is 7.11 Å². The lowest BCUT2D eigenvalue weighted by atomic mass is 10.1. The Bertz CT molecular complexity index is 220. The Morgan fingerprint density at radius 3 is 2.75 bits per heavy atom.